The summed E-state index contributed by atoms with van der Waals surface area (Å²) in [5, 5.41) is 0. The van der Waals surface area contributed by atoms with Crippen LogP contribution < -0.4 is 0 Å². The Bertz CT molecular complexity index is 417. The normalized spacial score (nSPS) is 13.1. The standard InChI is InChI=1S/C9H13ClO3S/c1-7-4-5-8(13-7)9(2,3)6-14(10,11)12/h4-5H,6H2,1-3H3. The third-order valence-electron chi connectivity index (χ3n) is 1.94. The Kier molecular flexibility index (Phi) is 2.97. The molecule has 3 nitrogen and oxygen atoms in total. The van der Waals surface area contributed by atoms with Crippen molar-refractivity contribution in [1.29, 1.82) is 0 Å². The van der Waals surface area contributed by atoms with Crippen LogP contribution in [0.5, 0.6) is 0 Å². The van der Waals surface area contributed by atoms with Gasteiger partial charge in [0.25, 0.3) is 0 Å². The molecular formula is C9H13ClO3S. The van der Waals surface area contributed by atoms with Crippen LogP contribution in [0.25, 0.3) is 0 Å². The number of rotatable bonds is 3. The summed E-state index contributed by atoms with van der Waals surface area (Å²) in [7, 11) is 1.70. The van der Waals surface area contributed by atoms with E-state index in [2.05, 4.69) is 0 Å². The Balaban J connectivity index is 2.96. The lowest BCUT2D eigenvalue weighted by molar-refractivity contribution is 0.396. The number of halogens is 1. The minimum atomic E-state index is -3.51. The SMILES string of the molecule is Cc1ccc(C(C)(C)CS(=O)(=O)Cl)o1. The second-order valence-electron chi connectivity index (χ2n) is 3.98. The molecule has 0 aliphatic rings. The predicted molar refractivity (Wildman–Crippen MR) is 56.1 cm³/mol. The fourth-order valence-corrected chi connectivity index (χ4v) is 3.12. The molecule has 0 aliphatic heterocycles. The summed E-state index contributed by atoms with van der Waals surface area (Å²) in [6.45, 7) is 5.38. The quantitative estimate of drug-likeness (QED) is 0.758. The van der Waals surface area contributed by atoms with Gasteiger partial charge in [-0.3, -0.25) is 0 Å². The van der Waals surface area contributed by atoms with Crippen molar-refractivity contribution in [3.8, 4) is 0 Å². The zero-order valence-electron chi connectivity index (χ0n) is 8.37. The third-order valence-corrected chi connectivity index (χ3v) is 3.33. The van der Waals surface area contributed by atoms with E-state index < -0.39 is 14.5 Å². The molecule has 0 saturated carbocycles. The Hall–Kier alpha value is -0.480. The molecule has 1 rings (SSSR count). The predicted octanol–water partition coefficient (Wildman–Crippen LogP) is 2.43. The van der Waals surface area contributed by atoms with Crippen LogP contribution in [0.2, 0.25) is 0 Å². The van der Waals surface area contributed by atoms with Gasteiger partial charge in [-0.05, 0) is 19.1 Å². The monoisotopic (exact) mass is 236 g/mol. The molecule has 1 aromatic heterocycles. The average Bonchev–Trinajstić information content (AvgIpc) is 2.29. The first-order chi connectivity index (χ1) is 6.21. The Morgan fingerprint density at radius 3 is 2.36 bits per heavy atom. The molecule has 0 spiro atoms. The largest absolute Gasteiger partial charge is 0.466 e. The molecule has 1 heterocycles. The van der Waals surface area contributed by atoms with Gasteiger partial charge >= 0.3 is 0 Å². The van der Waals surface area contributed by atoms with Gasteiger partial charge in [0.1, 0.15) is 11.5 Å². The number of hydrogen-bond acceptors (Lipinski definition) is 3. The molecule has 0 saturated heterocycles. The maximum atomic E-state index is 11.0. The van der Waals surface area contributed by atoms with Gasteiger partial charge in [-0.15, -0.1) is 0 Å². The summed E-state index contributed by atoms with van der Waals surface area (Å²) < 4.78 is 27.3. The van der Waals surface area contributed by atoms with Crippen molar-refractivity contribution in [2.24, 2.45) is 0 Å². The van der Waals surface area contributed by atoms with Gasteiger partial charge in [0.15, 0.2) is 0 Å². The van der Waals surface area contributed by atoms with Crippen molar-refractivity contribution in [3.05, 3.63) is 23.7 Å². The minimum Gasteiger partial charge on any atom is -0.466 e. The van der Waals surface area contributed by atoms with Crippen molar-refractivity contribution in [2.75, 3.05) is 5.75 Å². The van der Waals surface area contributed by atoms with Gasteiger partial charge in [-0.2, -0.15) is 0 Å². The fourth-order valence-electron chi connectivity index (χ4n) is 1.30. The third kappa shape index (κ3) is 3.03. The Labute approximate surface area is 88.5 Å². The molecular weight excluding hydrogens is 224 g/mol. The summed E-state index contributed by atoms with van der Waals surface area (Å²) in [6, 6.07) is 3.58. The molecule has 0 atom stereocenters. The first-order valence-electron chi connectivity index (χ1n) is 4.20. The average molecular weight is 237 g/mol. The van der Waals surface area contributed by atoms with E-state index in [1.807, 2.05) is 6.92 Å². The maximum absolute atomic E-state index is 11.0. The molecule has 0 amide bonds. The zero-order chi connectivity index (χ0) is 11.0. The summed E-state index contributed by atoms with van der Waals surface area (Å²) in [5.74, 6) is 1.27. The van der Waals surface area contributed by atoms with Gasteiger partial charge < -0.3 is 4.42 Å². The molecule has 0 N–H and O–H groups in total. The number of hydrogen-bond donors (Lipinski definition) is 0. The minimum absolute atomic E-state index is 0.130. The van der Waals surface area contributed by atoms with Crippen molar-refractivity contribution in [3.63, 3.8) is 0 Å². The Morgan fingerprint density at radius 1 is 1.43 bits per heavy atom. The van der Waals surface area contributed by atoms with Gasteiger partial charge in [-0.25, -0.2) is 8.42 Å². The molecule has 0 unspecified atom stereocenters. The van der Waals surface area contributed by atoms with E-state index in [0.717, 1.165) is 5.76 Å². The lowest BCUT2D eigenvalue weighted by Crippen LogP contribution is -2.25. The van der Waals surface area contributed by atoms with Crippen LogP contribution in [0.1, 0.15) is 25.4 Å². The van der Waals surface area contributed by atoms with E-state index in [1.165, 1.54) is 0 Å². The second kappa shape index (κ2) is 3.59. The highest BCUT2D eigenvalue weighted by Gasteiger charge is 2.29. The number of furan rings is 1. The van der Waals surface area contributed by atoms with Crippen molar-refractivity contribution < 1.29 is 12.8 Å². The first kappa shape index (κ1) is 11.6. The smallest absolute Gasteiger partial charge is 0.233 e. The van der Waals surface area contributed by atoms with E-state index in [0.29, 0.717) is 5.76 Å². The highest BCUT2D eigenvalue weighted by atomic mass is 35.7. The fraction of sp³-hybridized carbons (Fsp3) is 0.556. The van der Waals surface area contributed by atoms with E-state index in [1.54, 1.807) is 26.0 Å². The van der Waals surface area contributed by atoms with Gasteiger partial charge in [0, 0.05) is 16.1 Å². The van der Waals surface area contributed by atoms with Crippen LogP contribution in [-0.4, -0.2) is 14.2 Å². The van der Waals surface area contributed by atoms with Crippen molar-refractivity contribution in [1.82, 2.24) is 0 Å². The highest BCUT2D eigenvalue weighted by Crippen LogP contribution is 2.27. The lowest BCUT2D eigenvalue weighted by Gasteiger charge is -2.19. The van der Waals surface area contributed by atoms with Gasteiger partial charge in [0.05, 0.1) is 5.75 Å². The van der Waals surface area contributed by atoms with Crippen molar-refractivity contribution in [2.45, 2.75) is 26.2 Å². The van der Waals surface area contributed by atoms with Gasteiger partial charge in [0.2, 0.25) is 9.05 Å². The topological polar surface area (TPSA) is 47.3 Å². The molecule has 14 heavy (non-hydrogen) atoms. The highest BCUT2D eigenvalue weighted by molar-refractivity contribution is 8.13. The molecule has 0 fully saturated rings. The van der Waals surface area contributed by atoms with Crippen LogP contribution in [0.15, 0.2) is 16.5 Å². The molecule has 0 radical (unpaired) electrons. The first-order valence-corrected chi connectivity index (χ1v) is 6.68. The zero-order valence-corrected chi connectivity index (χ0v) is 9.95. The second-order valence-corrected chi connectivity index (χ2v) is 6.75. The van der Waals surface area contributed by atoms with Crippen LogP contribution >= 0.6 is 10.7 Å². The van der Waals surface area contributed by atoms with Crippen LogP contribution in [-0.2, 0) is 14.5 Å². The summed E-state index contributed by atoms with van der Waals surface area (Å²) in [6.07, 6.45) is 0. The van der Waals surface area contributed by atoms with Crippen molar-refractivity contribution >= 4 is 19.7 Å². The summed E-state index contributed by atoms with van der Waals surface area (Å²) in [5.41, 5.74) is -0.588. The molecule has 0 aliphatic carbocycles. The molecule has 5 heteroatoms. The van der Waals surface area contributed by atoms with E-state index in [-0.39, 0.29) is 5.75 Å². The molecule has 80 valence electrons. The molecule has 0 aromatic carbocycles. The maximum Gasteiger partial charge on any atom is 0.233 e. The van der Waals surface area contributed by atoms with Crippen LogP contribution in [0.3, 0.4) is 0 Å². The van der Waals surface area contributed by atoms with Gasteiger partial charge in [-0.1, -0.05) is 13.8 Å². The van der Waals surface area contributed by atoms with Crippen LogP contribution in [0, 0.1) is 6.92 Å². The molecule has 1 aromatic rings. The molecule has 0 bridgehead atoms. The van der Waals surface area contributed by atoms with E-state index in [9.17, 15) is 8.42 Å². The summed E-state index contributed by atoms with van der Waals surface area (Å²) in [4.78, 5) is 0. The lowest BCUT2D eigenvalue weighted by atomic mass is 9.93. The summed E-state index contributed by atoms with van der Waals surface area (Å²) >= 11 is 0. The van der Waals surface area contributed by atoms with Crippen LogP contribution in [0.4, 0.5) is 0 Å². The number of aryl methyl sites for hydroxylation is 1. The Morgan fingerprint density at radius 2 is 2.00 bits per heavy atom. The van der Waals surface area contributed by atoms with E-state index >= 15 is 0 Å². The van der Waals surface area contributed by atoms with E-state index in [4.69, 9.17) is 15.1 Å².